The molecule has 1 N–H and O–H groups in total. The molecule has 0 unspecified atom stereocenters. The average Bonchev–Trinajstić information content (AvgIpc) is 2.46. The molecule has 1 heterocycles. The molecule has 1 saturated heterocycles. The molecule has 0 aromatic heterocycles. The molecule has 1 aliphatic rings. The molecule has 0 aliphatic carbocycles. The van der Waals surface area contributed by atoms with Gasteiger partial charge in [0.1, 0.15) is 0 Å². The number of ether oxygens (including phenoxy) is 1. The zero-order valence-electron chi connectivity index (χ0n) is 11.1. The van der Waals surface area contributed by atoms with E-state index in [0.717, 1.165) is 12.8 Å². The van der Waals surface area contributed by atoms with Crippen LogP contribution in [0.15, 0.2) is 18.2 Å². The smallest absolute Gasteiger partial charge is 0.337 e. The van der Waals surface area contributed by atoms with Crippen LogP contribution in [0.3, 0.4) is 0 Å². The Balaban J connectivity index is 2.37. The maximum absolute atomic E-state index is 11.3. The number of non-ortho nitro benzene ring substituents is 1. The predicted octanol–water partition coefficient (Wildman–Crippen LogP) is 1.91. The van der Waals surface area contributed by atoms with Gasteiger partial charge in [0.05, 0.1) is 16.2 Å². The molecule has 20 heavy (non-hydrogen) atoms. The molecule has 1 aliphatic heterocycles. The molecule has 0 amide bonds. The molecule has 1 aromatic rings. The number of carboxylic acid groups (broad SMARTS) is 1. The zero-order valence-corrected chi connectivity index (χ0v) is 11.1. The van der Waals surface area contributed by atoms with E-state index in [4.69, 9.17) is 4.74 Å². The standard InChI is InChI=1S/C13H16N2O5/c1-14(9-4-6-20-7-5-9)12-8-10(15(18)19)2-3-11(12)13(16)17/h2-3,8-9H,4-7H2,1H3,(H,16,17). The number of carboxylic acids is 1. The van der Waals surface area contributed by atoms with Gasteiger partial charge < -0.3 is 14.7 Å². The van der Waals surface area contributed by atoms with Crippen LogP contribution in [0.5, 0.6) is 0 Å². The van der Waals surface area contributed by atoms with Gasteiger partial charge >= 0.3 is 5.97 Å². The highest BCUT2D eigenvalue weighted by molar-refractivity contribution is 5.95. The molecular formula is C13H16N2O5. The number of nitro benzene ring substituents is 1. The Morgan fingerprint density at radius 2 is 2.10 bits per heavy atom. The van der Waals surface area contributed by atoms with Gasteiger partial charge in [-0.15, -0.1) is 0 Å². The van der Waals surface area contributed by atoms with Gasteiger partial charge in [-0.3, -0.25) is 10.1 Å². The van der Waals surface area contributed by atoms with Crippen LogP contribution in [0.25, 0.3) is 0 Å². The van der Waals surface area contributed by atoms with E-state index in [-0.39, 0.29) is 17.3 Å². The first-order valence-corrected chi connectivity index (χ1v) is 6.33. The normalized spacial score (nSPS) is 15.8. The predicted molar refractivity (Wildman–Crippen MR) is 72.3 cm³/mol. The van der Waals surface area contributed by atoms with E-state index >= 15 is 0 Å². The van der Waals surface area contributed by atoms with Gasteiger partial charge in [0.2, 0.25) is 0 Å². The van der Waals surface area contributed by atoms with Gasteiger partial charge in [-0.2, -0.15) is 0 Å². The van der Waals surface area contributed by atoms with E-state index in [2.05, 4.69) is 0 Å². The van der Waals surface area contributed by atoms with Crippen LogP contribution < -0.4 is 4.90 Å². The number of rotatable bonds is 4. The summed E-state index contributed by atoms with van der Waals surface area (Å²) in [5.41, 5.74) is 0.340. The molecular weight excluding hydrogens is 264 g/mol. The molecule has 7 heteroatoms. The monoisotopic (exact) mass is 280 g/mol. The second kappa shape index (κ2) is 5.87. The van der Waals surface area contributed by atoms with E-state index in [0.29, 0.717) is 18.9 Å². The van der Waals surface area contributed by atoms with Crippen LogP contribution in [-0.4, -0.2) is 42.3 Å². The van der Waals surface area contributed by atoms with Crippen molar-refractivity contribution < 1.29 is 19.6 Å². The van der Waals surface area contributed by atoms with Crippen molar-refractivity contribution in [2.24, 2.45) is 0 Å². The number of aromatic carboxylic acids is 1. The van der Waals surface area contributed by atoms with Crippen molar-refractivity contribution in [1.82, 2.24) is 0 Å². The lowest BCUT2D eigenvalue weighted by atomic mass is 10.0. The fourth-order valence-corrected chi connectivity index (χ4v) is 2.38. The van der Waals surface area contributed by atoms with E-state index in [9.17, 15) is 20.0 Å². The Labute approximate surface area is 115 Å². The van der Waals surface area contributed by atoms with Crippen molar-refractivity contribution in [3.63, 3.8) is 0 Å². The Bertz CT molecular complexity index is 525. The van der Waals surface area contributed by atoms with Crippen molar-refractivity contribution >= 4 is 17.3 Å². The minimum absolute atomic E-state index is 0.0737. The highest BCUT2D eigenvalue weighted by Crippen LogP contribution is 2.29. The second-order valence-corrected chi connectivity index (χ2v) is 4.72. The Hall–Kier alpha value is -2.15. The first-order chi connectivity index (χ1) is 9.50. The summed E-state index contributed by atoms with van der Waals surface area (Å²) >= 11 is 0. The SMILES string of the molecule is CN(c1cc([N+](=O)[O-])ccc1C(=O)O)C1CCOCC1. The molecule has 0 radical (unpaired) electrons. The number of hydrogen-bond donors (Lipinski definition) is 1. The number of nitro groups is 1. The summed E-state index contributed by atoms with van der Waals surface area (Å²) in [6.45, 7) is 1.23. The summed E-state index contributed by atoms with van der Waals surface area (Å²) < 4.78 is 5.27. The summed E-state index contributed by atoms with van der Waals surface area (Å²) in [5, 5.41) is 20.1. The third-order valence-electron chi connectivity index (χ3n) is 3.54. The minimum atomic E-state index is -1.09. The number of nitrogens with zero attached hydrogens (tertiary/aromatic N) is 2. The largest absolute Gasteiger partial charge is 0.478 e. The Kier molecular flexibility index (Phi) is 4.19. The quantitative estimate of drug-likeness (QED) is 0.669. The van der Waals surface area contributed by atoms with Crippen LogP contribution in [0, 0.1) is 10.1 Å². The third kappa shape index (κ3) is 2.88. The summed E-state index contributed by atoms with van der Waals surface area (Å²) in [7, 11) is 1.77. The van der Waals surface area contributed by atoms with Gasteiger partial charge in [0.25, 0.3) is 5.69 Å². The van der Waals surface area contributed by atoms with E-state index < -0.39 is 10.9 Å². The van der Waals surface area contributed by atoms with Crippen molar-refractivity contribution in [1.29, 1.82) is 0 Å². The van der Waals surface area contributed by atoms with Crippen LogP contribution in [0.4, 0.5) is 11.4 Å². The number of benzene rings is 1. The summed E-state index contributed by atoms with van der Waals surface area (Å²) in [6.07, 6.45) is 1.55. The van der Waals surface area contributed by atoms with Crippen molar-refractivity contribution in [3.05, 3.63) is 33.9 Å². The number of hydrogen-bond acceptors (Lipinski definition) is 5. The van der Waals surface area contributed by atoms with E-state index in [1.54, 1.807) is 11.9 Å². The van der Waals surface area contributed by atoms with Gasteiger partial charge in [-0.05, 0) is 18.9 Å². The minimum Gasteiger partial charge on any atom is -0.478 e. The van der Waals surface area contributed by atoms with Crippen molar-refractivity contribution in [3.8, 4) is 0 Å². The fourth-order valence-electron chi connectivity index (χ4n) is 2.38. The highest BCUT2D eigenvalue weighted by Gasteiger charge is 2.24. The summed E-state index contributed by atoms with van der Waals surface area (Å²) in [5.74, 6) is -1.09. The zero-order chi connectivity index (χ0) is 14.7. The van der Waals surface area contributed by atoms with Gasteiger partial charge in [-0.1, -0.05) is 0 Å². The van der Waals surface area contributed by atoms with Gasteiger partial charge in [0.15, 0.2) is 0 Å². The molecule has 7 nitrogen and oxygen atoms in total. The molecule has 108 valence electrons. The van der Waals surface area contributed by atoms with E-state index in [1.165, 1.54) is 18.2 Å². The second-order valence-electron chi connectivity index (χ2n) is 4.72. The van der Waals surface area contributed by atoms with Crippen LogP contribution in [-0.2, 0) is 4.74 Å². The van der Waals surface area contributed by atoms with Crippen molar-refractivity contribution in [2.45, 2.75) is 18.9 Å². The molecule has 1 aromatic carbocycles. The molecule has 2 rings (SSSR count). The van der Waals surface area contributed by atoms with E-state index in [1.807, 2.05) is 0 Å². The molecule has 1 fully saturated rings. The summed E-state index contributed by atoms with van der Waals surface area (Å²) in [6, 6.07) is 3.94. The maximum Gasteiger partial charge on any atom is 0.337 e. The molecule has 0 bridgehead atoms. The molecule has 0 spiro atoms. The average molecular weight is 280 g/mol. The van der Waals surface area contributed by atoms with Crippen LogP contribution >= 0.6 is 0 Å². The number of carbonyl (C=O) groups is 1. The Morgan fingerprint density at radius 3 is 2.65 bits per heavy atom. The topological polar surface area (TPSA) is 92.9 Å². The maximum atomic E-state index is 11.3. The van der Waals surface area contributed by atoms with Gasteiger partial charge in [0, 0.05) is 38.4 Å². The lowest BCUT2D eigenvalue weighted by molar-refractivity contribution is -0.384. The van der Waals surface area contributed by atoms with Gasteiger partial charge in [-0.25, -0.2) is 4.79 Å². The first-order valence-electron chi connectivity index (χ1n) is 6.33. The molecule has 0 saturated carbocycles. The number of anilines is 1. The Morgan fingerprint density at radius 1 is 1.45 bits per heavy atom. The summed E-state index contributed by atoms with van der Waals surface area (Å²) in [4.78, 5) is 23.4. The highest BCUT2D eigenvalue weighted by atomic mass is 16.6. The van der Waals surface area contributed by atoms with Crippen LogP contribution in [0.2, 0.25) is 0 Å². The first kappa shape index (κ1) is 14.3. The fraction of sp³-hybridized carbons (Fsp3) is 0.462. The van der Waals surface area contributed by atoms with Crippen LogP contribution in [0.1, 0.15) is 23.2 Å². The third-order valence-corrected chi connectivity index (χ3v) is 3.54. The lowest BCUT2D eigenvalue weighted by Gasteiger charge is -2.33. The van der Waals surface area contributed by atoms with Crippen molar-refractivity contribution in [2.75, 3.05) is 25.2 Å². The molecule has 0 atom stereocenters. The lowest BCUT2D eigenvalue weighted by Crippen LogP contribution is -2.37.